The Kier molecular flexibility index (Phi) is 10.2. The third-order valence-electron chi connectivity index (χ3n) is 4.72. The second-order valence-corrected chi connectivity index (χ2v) is 7.52. The molecule has 1 heterocycles. The van der Waals surface area contributed by atoms with E-state index in [-0.39, 0.29) is 31.7 Å². The second kappa shape index (κ2) is 12.6. The van der Waals surface area contributed by atoms with Crippen molar-refractivity contribution in [2.75, 3.05) is 13.2 Å². The lowest BCUT2D eigenvalue weighted by atomic mass is 9.92. The molecule has 0 spiro atoms. The zero-order valence-corrected chi connectivity index (χ0v) is 17.1. The van der Waals surface area contributed by atoms with Gasteiger partial charge in [0.25, 0.3) is 0 Å². The SMILES string of the molecule is O=C(O)CC/C=C\CCC[C@H]1[C@@H](O)CO[C@@H]1/C=C/[C@H](O)COc1cccc(Cl)c1. The van der Waals surface area contributed by atoms with Gasteiger partial charge in [-0.3, -0.25) is 4.79 Å². The number of unbranched alkanes of at least 4 members (excludes halogenated alkanes) is 1. The molecule has 1 aliphatic rings. The van der Waals surface area contributed by atoms with Gasteiger partial charge in [0, 0.05) is 17.4 Å². The first-order valence-electron chi connectivity index (χ1n) is 9.87. The molecule has 0 saturated carbocycles. The number of rotatable bonds is 12. The van der Waals surface area contributed by atoms with Crippen LogP contribution < -0.4 is 4.74 Å². The summed E-state index contributed by atoms with van der Waals surface area (Å²) in [5.74, 6) is -0.234. The molecule has 1 aromatic carbocycles. The van der Waals surface area contributed by atoms with Crippen LogP contribution in [0.1, 0.15) is 32.1 Å². The minimum Gasteiger partial charge on any atom is -0.491 e. The third kappa shape index (κ3) is 9.00. The summed E-state index contributed by atoms with van der Waals surface area (Å²) in [7, 11) is 0. The van der Waals surface area contributed by atoms with E-state index in [1.54, 1.807) is 36.4 Å². The van der Waals surface area contributed by atoms with Gasteiger partial charge in [0.15, 0.2) is 0 Å². The van der Waals surface area contributed by atoms with Crippen LogP contribution in [0.25, 0.3) is 0 Å². The first kappa shape index (κ1) is 23.4. The number of aliphatic hydroxyl groups excluding tert-OH is 2. The molecule has 0 aliphatic carbocycles. The van der Waals surface area contributed by atoms with Crippen LogP contribution in [0.5, 0.6) is 5.75 Å². The van der Waals surface area contributed by atoms with Crippen molar-refractivity contribution in [3.8, 4) is 5.75 Å². The predicted molar refractivity (Wildman–Crippen MR) is 111 cm³/mol. The van der Waals surface area contributed by atoms with E-state index in [2.05, 4.69) is 0 Å². The van der Waals surface area contributed by atoms with Crippen molar-refractivity contribution in [1.29, 1.82) is 0 Å². The average molecular weight is 425 g/mol. The summed E-state index contributed by atoms with van der Waals surface area (Å²) in [6, 6.07) is 6.98. The van der Waals surface area contributed by atoms with E-state index >= 15 is 0 Å². The van der Waals surface area contributed by atoms with Gasteiger partial charge in [-0.25, -0.2) is 0 Å². The molecule has 1 fully saturated rings. The van der Waals surface area contributed by atoms with Crippen LogP contribution >= 0.6 is 11.6 Å². The van der Waals surface area contributed by atoms with Gasteiger partial charge in [0.1, 0.15) is 18.5 Å². The number of carboxylic acid groups (broad SMARTS) is 1. The van der Waals surface area contributed by atoms with E-state index in [1.165, 1.54) is 0 Å². The first-order valence-corrected chi connectivity index (χ1v) is 10.2. The third-order valence-corrected chi connectivity index (χ3v) is 4.95. The average Bonchev–Trinajstić information content (AvgIpc) is 3.03. The molecular formula is C22H29ClO6. The minimum absolute atomic E-state index is 0.0280. The quantitative estimate of drug-likeness (QED) is 0.350. The number of hydrogen-bond acceptors (Lipinski definition) is 5. The molecule has 1 aromatic rings. The number of benzene rings is 1. The van der Waals surface area contributed by atoms with Crippen LogP contribution in [-0.2, 0) is 9.53 Å². The summed E-state index contributed by atoms with van der Waals surface area (Å²) in [5, 5.41) is 29.4. The Morgan fingerprint density at radius 1 is 1.34 bits per heavy atom. The molecule has 0 aromatic heterocycles. The fourth-order valence-electron chi connectivity index (χ4n) is 3.18. The normalized spacial score (nSPS) is 23.1. The van der Waals surface area contributed by atoms with Gasteiger partial charge in [-0.05, 0) is 43.9 Å². The standard InChI is InChI=1S/C22H29ClO6/c23-16-7-6-8-18(13-16)28-14-17(24)11-12-21-19(20(25)15-29-21)9-4-2-1-3-5-10-22(26)27/h1,3,6-8,11-13,17,19-21,24-25H,2,4-5,9-10,14-15H2,(H,26,27)/b3-1-,12-11+/t17-,19-,20-,21+/m0/s1. The highest BCUT2D eigenvalue weighted by Crippen LogP contribution is 2.28. The summed E-state index contributed by atoms with van der Waals surface area (Å²) < 4.78 is 11.2. The van der Waals surface area contributed by atoms with Crippen LogP contribution in [0.4, 0.5) is 0 Å². The zero-order valence-electron chi connectivity index (χ0n) is 16.3. The Morgan fingerprint density at radius 3 is 2.90 bits per heavy atom. The molecule has 4 atom stereocenters. The maximum Gasteiger partial charge on any atom is 0.303 e. The van der Waals surface area contributed by atoms with Gasteiger partial charge in [0.2, 0.25) is 0 Å². The molecule has 0 bridgehead atoms. The lowest BCUT2D eigenvalue weighted by molar-refractivity contribution is -0.136. The van der Waals surface area contributed by atoms with E-state index < -0.39 is 18.2 Å². The molecule has 1 aliphatic heterocycles. The summed E-state index contributed by atoms with van der Waals surface area (Å²) >= 11 is 5.90. The van der Waals surface area contributed by atoms with Crippen molar-refractivity contribution in [3.05, 3.63) is 53.6 Å². The highest BCUT2D eigenvalue weighted by atomic mass is 35.5. The fraction of sp³-hybridized carbons (Fsp3) is 0.500. The highest BCUT2D eigenvalue weighted by molar-refractivity contribution is 6.30. The van der Waals surface area contributed by atoms with E-state index in [0.29, 0.717) is 17.2 Å². The smallest absolute Gasteiger partial charge is 0.303 e. The Hall–Kier alpha value is -1.86. The number of hydrogen-bond donors (Lipinski definition) is 3. The van der Waals surface area contributed by atoms with Gasteiger partial charge >= 0.3 is 5.97 Å². The lowest BCUT2D eigenvalue weighted by Gasteiger charge is -2.17. The van der Waals surface area contributed by atoms with E-state index in [1.807, 2.05) is 12.2 Å². The number of aliphatic hydroxyl groups is 2. The van der Waals surface area contributed by atoms with E-state index in [0.717, 1.165) is 19.3 Å². The van der Waals surface area contributed by atoms with E-state index in [4.69, 9.17) is 26.2 Å². The van der Waals surface area contributed by atoms with Crippen LogP contribution in [0.3, 0.4) is 0 Å². The maximum absolute atomic E-state index is 10.5. The molecule has 160 valence electrons. The summed E-state index contributed by atoms with van der Waals surface area (Å²) in [5.41, 5.74) is 0. The molecular weight excluding hydrogens is 396 g/mol. The number of carbonyl (C=O) groups is 1. The molecule has 7 heteroatoms. The molecule has 29 heavy (non-hydrogen) atoms. The first-order chi connectivity index (χ1) is 14.0. The van der Waals surface area contributed by atoms with Crippen molar-refractivity contribution in [3.63, 3.8) is 0 Å². The summed E-state index contributed by atoms with van der Waals surface area (Å²) in [6.45, 7) is 0.376. The largest absolute Gasteiger partial charge is 0.491 e. The summed E-state index contributed by atoms with van der Waals surface area (Å²) in [6.07, 6.45) is 8.86. The van der Waals surface area contributed by atoms with Crippen molar-refractivity contribution >= 4 is 17.6 Å². The van der Waals surface area contributed by atoms with Crippen LogP contribution in [0.15, 0.2) is 48.6 Å². The molecule has 6 nitrogen and oxygen atoms in total. The van der Waals surface area contributed by atoms with Gasteiger partial charge < -0.3 is 24.8 Å². The minimum atomic E-state index is -0.798. The highest BCUT2D eigenvalue weighted by Gasteiger charge is 2.33. The van der Waals surface area contributed by atoms with Crippen molar-refractivity contribution in [1.82, 2.24) is 0 Å². The van der Waals surface area contributed by atoms with Crippen molar-refractivity contribution in [2.24, 2.45) is 5.92 Å². The fourth-order valence-corrected chi connectivity index (χ4v) is 3.36. The Morgan fingerprint density at radius 2 is 2.14 bits per heavy atom. The molecule has 2 rings (SSSR count). The van der Waals surface area contributed by atoms with E-state index in [9.17, 15) is 15.0 Å². The van der Waals surface area contributed by atoms with Crippen molar-refractivity contribution in [2.45, 2.75) is 50.4 Å². The molecule has 0 amide bonds. The van der Waals surface area contributed by atoms with Crippen LogP contribution in [0, 0.1) is 5.92 Å². The number of ether oxygens (including phenoxy) is 2. The summed E-state index contributed by atoms with van der Waals surface area (Å²) in [4.78, 5) is 10.5. The Labute approximate surface area is 176 Å². The van der Waals surface area contributed by atoms with Gasteiger partial charge in [-0.1, -0.05) is 42.0 Å². The van der Waals surface area contributed by atoms with Crippen LogP contribution in [-0.4, -0.2) is 52.8 Å². The van der Waals surface area contributed by atoms with Gasteiger partial charge in [-0.2, -0.15) is 0 Å². The maximum atomic E-state index is 10.5. The van der Waals surface area contributed by atoms with Crippen molar-refractivity contribution < 1.29 is 29.6 Å². The Balaban J connectivity index is 1.72. The predicted octanol–water partition coefficient (Wildman–Crippen LogP) is 3.60. The molecule has 1 saturated heterocycles. The van der Waals surface area contributed by atoms with Gasteiger partial charge in [-0.15, -0.1) is 0 Å². The second-order valence-electron chi connectivity index (χ2n) is 7.08. The zero-order chi connectivity index (χ0) is 21.1. The van der Waals surface area contributed by atoms with Gasteiger partial charge in [0.05, 0.1) is 18.8 Å². The number of aliphatic carboxylic acids is 1. The number of carboxylic acids is 1. The van der Waals surface area contributed by atoms with Crippen LogP contribution in [0.2, 0.25) is 5.02 Å². The molecule has 3 N–H and O–H groups in total. The molecule has 0 radical (unpaired) electrons. The monoisotopic (exact) mass is 424 g/mol. The number of halogens is 1. The number of allylic oxidation sites excluding steroid dienone is 2. The lowest BCUT2D eigenvalue weighted by Crippen LogP contribution is -2.23. The molecule has 0 unspecified atom stereocenters. The topological polar surface area (TPSA) is 96.2 Å². The Bertz CT molecular complexity index is 690.